The molecule has 0 amide bonds. The molecule has 1 unspecified atom stereocenters. The van der Waals surface area contributed by atoms with Crippen LogP contribution in [0.4, 0.5) is 0 Å². The van der Waals surface area contributed by atoms with Gasteiger partial charge in [0.15, 0.2) is 5.79 Å². The van der Waals surface area contributed by atoms with Crippen molar-refractivity contribution < 1.29 is 10.2 Å². The number of nitrogens with two attached hydrogens (primary N) is 4. The minimum Gasteiger partial charge on any atom is -0.365 e. The third-order valence-electron chi connectivity index (χ3n) is 1.12. The first-order valence-corrected chi connectivity index (χ1v) is 3.70. The van der Waals surface area contributed by atoms with E-state index in [0.717, 1.165) is 0 Å². The summed E-state index contributed by atoms with van der Waals surface area (Å²) in [6.45, 7) is 2.47. The van der Waals surface area contributed by atoms with Gasteiger partial charge in [0.2, 0.25) is 0 Å². The Bertz CT molecular complexity index is 92.0. The topological polar surface area (TPSA) is 145 Å². The third kappa shape index (κ3) is 9.76. The van der Waals surface area contributed by atoms with Crippen LogP contribution in [0.2, 0.25) is 0 Å². The van der Waals surface area contributed by atoms with E-state index in [1.165, 1.54) is 6.92 Å². The molecular weight excluding hydrogens is 160 g/mol. The predicted molar refractivity (Wildman–Crippen MR) is 48.0 cm³/mol. The second-order valence-corrected chi connectivity index (χ2v) is 2.51. The van der Waals surface area contributed by atoms with Crippen molar-refractivity contribution in [3.63, 3.8) is 0 Å². The molecule has 0 aliphatic rings. The molecule has 0 aliphatic carbocycles. The highest BCUT2D eigenvalue weighted by Gasteiger charge is 2.23. The molecule has 0 heterocycles. The van der Waals surface area contributed by atoms with E-state index in [2.05, 4.69) is 0 Å². The van der Waals surface area contributed by atoms with E-state index in [-0.39, 0.29) is 6.54 Å². The Balaban J connectivity index is 0. The molecule has 6 heteroatoms. The van der Waals surface area contributed by atoms with Gasteiger partial charge in [-0.2, -0.15) is 0 Å². The van der Waals surface area contributed by atoms with Crippen molar-refractivity contribution in [2.24, 2.45) is 22.9 Å². The van der Waals surface area contributed by atoms with Gasteiger partial charge in [-0.15, -0.1) is 0 Å². The van der Waals surface area contributed by atoms with Crippen LogP contribution in [0.25, 0.3) is 0 Å². The van der Waals surface area contributed by atoms with Gasteiger partial charge in [-0.05, 0) is 6.92 Å². The molecule has 0 aromatic heterocycles. The minimum absolute atomic E-state index is 0.0729. The SMILES string of the molecule is CC(O)(O)C(N)CN.NCCN. The van der Waals surface area contributed by atoms with E-state index >= 15 is 0 Å². The quantitative estimate of drug-likeness (QED) is 0.253. The van der Waals surface area contributed by atoms with E-state index in [1.807, 2.05) is 0 Å². The summed E-state index contributed by atoms with van der Waals surface area (Å²) >= 11 is 0. The Morgan fingerprint density at radius 3 is 1.50 bits per heavy atom. The lowest BCUT2D eigenvalue weighted by Gasteiger charge is -2.21. The first-order chi connectivity index (χ1) is 5.40. The van der Waals surface area contributed by atoms with E-state index < -0.39 is 11.8 Å². The van der Waals surface area contributed by atoms with Gasteiger partial charge in [0.25, 0.3) is 0 Å². The number of rotatable bonds is 3. The Morgan fingerprint density at radius 1 is 1.17 bits per heavy atom. The molecule has 0 rings (SSSR count). The molecule has 0 saturated heterocycles. The van der Waals surface area contributed by atoms with Gasteiger partial charge < -0.3 is 33.1 Å². The van der Waals surface area contributed by atoms with Crippen LogP contribution >= 0.6 is 0 Å². The van der Waals surface area contributed by atoms with Gasteiger partial charge in [0.05, 0.1) is 6.04 Å². The summed E-state index contributed by atoms with van der Waals surface area (Å²) < 4.78 is 0. The Hall–Kier alpha value is -0.240. The molecule has 0 fully saturated rings. The molecule has 0 saturated carbocycles. The predicted octanol–water partition coefficient (Wildman–Crippen LogP) is -3.12. The van der Waals surface area contributed by atoms with Crippen molar-refractivity contribution in [2.45, 2.75) is 18.8 Å². The smallest absolute Gasteiger partial charge is 0.176 e. The van der Waals surface area contributed by atoms with Crippen LogP contribution in [-0.4, -0.2) is 41.7 Å². The fourth-order valence-corrected chi connectivity index (χ4v) is 0.223. The summed E-state index contributed by atoms with van der Waals surface area (Å²) in [5, 5.41) is 17.3. The average Bonchev–Trinajstić information content (AvgIpc) is 2.02. The normalized spacial score (nSPS) is 13.2. The summed E-state index contributed by atoms with van der Waals surface area (Å²) in [4.78, 5) is 0. The molecule has 6 nitrogen and oxygen atoms in total. The van der Waals surface area contributed by atoms with Gasteiger partial charge >= 0.3 is 0 Å². The summed E-state index contributed by atoms with van der Waals surface area (Å²) in [5.41, 5.74) is 19.9. The Morgan fingerprint density at radius 2 is 1.50 bits per heavy atom. The zero-order valence-corrected chi connectivity index (χ0v) is 7.40. The van der Waals surface area contributed by atoms with Crippen molar-refractivity contribution in [2.75, 3.05) is 19.6 Å². The molecule has 10 N–H and O–H groups in total. The maximum Gasteiger partial charge on any atom is 0.176 e. The van der Waals surface area contributed by atoms with Crippen LogP contribution in [0.5, 0.6) is 0 Å². The summed E-state index contributed by atoms with van der Waals surface area (Å²) in [5.74, 6) is -1.84. The second kappa shape index (κ2) is 7.41. The van der Waals surface area contributed by atoms with Crippen LogP contribution in [-0.2, 0) is 0 Å². The molecule has 0 aromatic carbocycles. The lowest BCUT2D eigenvalue weighted by molar-refractivity contribution is -0.158. The standard InChI is InChI=1S/C4H12N2O2.C2H8N2/c1-4(7,8)3(6)2-5;3-1-2-4/h3,7-8H,2,5-6H2,1H3;1-4H2. The molecule has 0 radical (unpaired) electrons. The lowest BCUT2D eigenvalue weighted by Crippen LogP contribution is -2.49. The Kier molecular flexibility index (Phi) is 8.83. The first-order valence-electron chi connectivity index (χ1n) is 3.70. The van der Waals surface area contributed by atoms with E-state index in [1.54, 1.807) is 0 Å². The molecule has 76 valence electrons. The molecule has 0 aromatic rings. The summed E-state index contributed by atoms with van der Waals surface area (Å²) in [6.07, 6.45) is 0. The molecule has 0 bridgehead atoms. The van der Waals surface area contributed by atoms with Crippen LogP contribution in [0, 0.1) is 0 Å². The summed E-state index contributed by atoms with van der Waals surface area (Å²) in [6, 6.07) is -0.762. The highest BCUT2D eigenvalue weighted by Crippen LogP contribution is 1.98. The highest BCUT2D eigenvalue weighted by molar-refractivity contribution is 4.74. The molecular formula is C6H20N4O2. The maximum absolute atomic E-state index is 8.64. The lowest BCUT2D eigenvalue weighted by atomic mass is 10.1. The van der Waals surface area contributed by atoms with Crippen LogP contribution < -0.4 is 22.9 Å². The zero-order valence-electron chi connectivity index (χ0n) is 7.40. The maximum atomic E-state index is 8.64. The van der Waals surface area contributed by atoms with E-state index in [0.29, 0.717) is 13.1 Å². The van der Waals surface area contributed by atoms with Crippen LogP contribution in [0.1, 0.15) is 6.92 Å². The number of hydrogen-bond acceptors (Lipinski definition) is 6. The minimum atomic E-state index is -1.84. The molecule has 0 spiro atoms. The van der Waals surface area contributed by atoms with E-state index in [9.17, 15) is 0 Å². The Labute approximate surface area is 72.5 Å². The largest absolute Gasteiger partial charge is 0.365 e. The molecule has 0 aliphatic heterocycles. The summed E-state index contributed by atoms with van der Waals surface area (Å²) in [7, 11) is 0. The van der Waals surface area contributed by atoms with Crippen molar-refractivity contribution in [3.05, 3.63) is 0 Å². The molecule has 1 atom stereocenters. The van der Waals surface area contributed by atoms with Crippen molar-refractivity contribution >= 4 is 0 Å². The highest BCUT2D eigenvalue weighted by atomic mass is 16.5. The van der Waals surface area contributed by atoms with Gasteiger partial charge in [0.1, 0.15) is 0 Å². The average molecular weight is 180 g/mol. The zero-order chi connectivity index (χ0) is 10.2. The fraction of sp³-hybridized carbons (Fsp3) is 1.00. The van der Waals surface area contributed by atoms with Gasteiger partial charge in [-0.3, -0.25) is 0 Å². The van der Waals surface area contributed by atoms with Gasteiger partial charge in [-0.1, -0.05) is 0 Å². The fourth-order valence-electron chi connectivity index (χ4n) is 0.223. The van der Waals surface area contributed by atoms with Crippen molar-refractivity contribution in [3.8, 4) is 0 Å². The first kappa shape index (κ1) is 14.3. The third-order valence-corrected chi connectivity index (χ3v) is 1.12. The van der Waals surface area contributed by atoms with Crippen molar-refractivity contribution in [1.82, 2.24) is 0 Å². The van der Waals surface area contributed by atoms with E-state index in [4.69, 9.17) is 33.1 Å². The molecule has 12 heavy (non-hydrogen) atoms. The second-order valence-electron chi connectivity index (χ2n) is 2.51. The van der Waals surface area contributed by atoms with Gasteiger partial charge in [0, 0.05) is 19.6 Å². The van der Waals surface area contributed by atoms with Crippen LogP contribution in [0.3, 0.4) is 0 Å². The number of hydrogen-bond donors (Lipinski definition) is 6. The van der Waals surface area contributed by atoms with Gasteiger partial charge in [-0.25, -0.2) is 0 Å². The monoisotopic (exact) mass is 180 g/mol. The van der Waals surface area contributed by atoms with Crippen molar-refractivity contribution in [1.29, 1.82) is 0 Å². The number of aliphatic hydroxyl groups is 2. The van der Waals surface area contributed by atoms with Crippen LogP contribution in [0.15, 0.2) is 0 Å².